The zero-order chi connectivity index (χ0) is 29.8. The van der Waals surface area contributed by atoms with E-state index in [4.69, 9.17) is 17.3 Å². The normalized spacial score (nSPS) is 16.9. The zero-order valence-electron chi connectivity index (χ0n) is 21.9. The Labute approximate surface area is 254 Å². The number of anilines is 2. The summed E-state index contributed by atoms with van der Waals surface area (Å²) in [7, 11) is 0. The topological polar surface area (TPSA) is 162 Å². The number of halogens is 1. The van der Waals surface area contributed by atoms with Gasteiger partial charge < -0.3 is 16.2 Å². The number of nitrogens with two attached hydrogens (primary N) is 1. The van der Waals surface area contributed by atoms with Crippen LogP contribution in [0.3, 0.4) is 0 Å². The number of aromatic nitrogens is 2. The van der Waals surface area contributed by atoms with Crippen molar-refractivity contribution in [2.75, 3.05) is 16.0 Å². The number of amides is 1. The molecule has 2 heterocycles. The zero-order valence-corrected chi connectivity index (χ0v) is 24.3. The largest absolute Gasteiger partial charge is 0.478 e. The first-order chi connectivity index (χ1) is 20.3. The summed E-state index contributed by atoms with van der Waals surface area (Å²) in [6.45, 7) is 0. The molecule has 10 nitrogen and oxygen atoms in total. The van der Waals surface area contributed by atoms with Gasteiger partial charge in [0.1, 0.15) is 5.82 Å². The summed E-state index contributed by atoms with van der Waals surface area (Å²) in [6, 6.07) is 16.0. The van der Waals surface area contributed by atoms with E-state index in [0.717, 1.165) is 17.3 Å². The molecular weight excluding hydrogens is 596 g/mol. The van der Waals surface area contributed by atoms with E-state index in [1.807, 2.05) is 42.5 Å². The highest BCUT2D eigenvalue weighted by atomic mass is 35.5. The van der Waals surface area contributed by atoms with Crippen molar-refractivity contribution in [2.24, 2.45) is 11.7 Å². The van der Waals surface area contributed by atoms with Crippen LogP contribution in [0.4, 0.5) is 10.8 Å². The number of hydrogen-bond donors (Lipinski definition) is 3. The van der Waals surface area contributed by atoms with E-state index in [-0.39, 0.29) is 39.4 Å². The lowest BCUT2D eigenvalue weighted by Crippen LogP contribution is -2.39. The number of rotatable bonds is 8. The van der Waals surface area contributed by atoms with Gasteiger partial charge in [0.25, 0.3) is 0 Å². The first-order valence-corrected chi connectivity index (χ1v) is 14.9. The molecule has 1 unspecified atom stereocenters. The first-order valence-electron chi connectivity index (χ1n) is 12.7. The molecule has 1 aliphatic carbocycles. The van der Waals surface area contributed by atoms with Crippen LogP contribution in [0.15, 0.2) is 81.6 Å². The molecule has 0 saturated carbocycles. The average Bonchev–Trinajstić information content (AvgIpc) is 3.44. The summed E-state index contributed by atoms with van der Waals surface area (Å²) < 4.78 is 0.476. The van der Waals surface area contributed by atoms with Crippen LogP contribution in [-0.4, -0.2) is 38.7 Å². The van der Waals surface area contributed by atoms with Gasteiger partial charge in [0.2, 0.25) is 11.0 Å². The Kier molecular flexibility index (Phi) is 8.72. The number of carboxylic acids is 1. The van der Waals surface area contributed by atoms with Crippen molar-refractivity contribution in [2.45, 2.75) is 23.6 Å². The molecule has 1 atom stereocenters. The number of aromatic carboxylic acids is 1. The summed E-state index contributed by atoms with van der Waals surface area (Å²) >= 11 is 8.22. The van der Waals surface area contributed by atoms with Gasteiger partial charge in [-0.1, -0.05) is 77.2 Å². The van der Waals surface area contributed by atoms with Gasteiger partial charge in [-0.25, -0.2) is 4.79 Å². The third-order valence-corrected chi connectivity index (χ3v) is 9.00. The molecule has 1 aliphatic heterocycles. The summed E-state index contributed by atoms with van der Waals surface area (Å²) in [5.74, 6) is -2.02. The van der Waals surface area contributed by atoms with Crippen LogP contribution in [0.5, 0.6) is 0 Å². The lowest BCUT2D eigenvalue weighted by atomic mass is 9.79. The van der Waals surface area contributed by atoms with Gasteiger partial charge in [-0.05, 0) is 36.6 Å². The van der Waals surface area contributed by atoms with Crippen molar-refractivity contribution in [3.05, 3.63) is 93.4 Å². The van der Waals surface area contributed by atoms with Crippen LogP contribution in [0.1, 0.15) is 35.2 Å². The first kappa shape index (κ1) is 29.1. The number of carboxylic acid groups (broad SMARTS) is 1. The number of Topliss-reactive ketones (excluding diaryl/α,β-unsaturated/α-hetero) is 1. The number of benzene rings is 2. The van der Waals surface area contributed by atoms with Crippen molar-refractivity contribution in [1.29, 1.82) is 5.26 Å². The predicted octanol–water partition coefficient (Wildman–Crippen LogP) is 5.47. The smallest absolute Gasteiger partial charge is 0.337 e. The number of carbonyl (C=O) groups excluding carboxylic acids is 2. The van der Waals surface area contributed by atoms with Gasteiger partial charge in [0.15, 0.2) is 10.1 Å². The Bertz CT molecular complexity index is 1710. The molecule has 42 heavy (non-hydrogen) atoms. The Hall–Kier alpha value is -4.44. The molecule has 4 N–H and O–H groups in total. The van der Waals surface area contributed by atoms with E-state index < -0.39 is 11.9 Å². The number of nitriles is 1. The Morgan fingerprint density at radius 2 is 2.02 bits per heavy atom. The van der Waals surface area contributed by atoms with Crippen molar-refractivity contribution < 1.29 is 19.5 Å². The summed E-state index contributed by atoms with van der Waals surface area (Å²) in [5.41, 5.74) is 9.17. The molecule has 1 aromatic heterocycles. The standard InChI is InChI=1S/C29H23ClN6O4S2/c30-21-12-10-17(13-19(21)27(39)40)33-24(38)15-41-29-35-34-28(42-29)36-22-7-4-8-23(37)25(22)18(20(14-31)26(36)32)11-9-16-5-2-1-3-6-16/h1-3,5-6,9-13,18H,4,7-8,15,32H2,(H,33,38)(H,39,40)/b11-9+. The fraction of sp³-hybridized carbons (Fsp3) is 0.172. The highest BCUT2D eigenvalue weighted by molar-refractivity contribution is 8.01. The minimum absolute atomic E-state index is 0.0206. The molecule has 0 radical (unpaired) electrons. The van der Waals surface area contributed by atoms with Crippen LogP contribution >= 0.6 is 34.7 Å². The van der Waals surface area contributed by atoms with Gasteiger partial charge in [0.05, 0.1) is 28.0 Å². The Morgan fingerprint density at radius 3 is 2.76 bits per heavy atom. The lowest BCUT2D eigenvalue weighted by molar-refractivity contribution is -0.116. The molecule has 0 saturated heterocycles. The van der Waals surface area contributed by atoms with E-state index in [9.17, 15) is 24.8 Å². The van der Waals surface area contributed by atoms with Crippen LogP contribution in [0, 0.1) is 17.2 Å². The molecule has 13 heteroatoms. The fourth-order valence-corrected chi connectivity index (χ4v) is 6.63. The van der Waals surface area contributed by atoms with Gasteiger partial charge in [-0.15, -0.1) is 10.2 Å². The quantitative estimate of drug-likeness (QED) is 0.276. The number of hydrogen-bond acceptors (Lipinski definition) is 10. The molecule has 3 aromatic rings. The number of nitrogens with zero attached hydrogens (tertiary/aromatic N) is 4. The average molecular weight is 619 g/mol. The summed E-state index contributed by atoms with van der Waals surface area (Å²) in [6.07, 6.45) is 5.34. The summed E-state index contributed by atoms with van der Waals surface area (Å²) in [5, 5.41) is 30.9. The minimum atomic E-state index is -1.20. The minimum Gasteiger partial charge on any atom is -0.478 e. The molecule has 2 aliphatic rings. The van der Waals surface area contributed by atoms with Crippen molar-refractivity contribution >= 4 is 69.3 Å². The maximum Gasteiger partial charge on any atom is 0.337 e. The van der Waals surface area contributed by atoms with E-state index >= 15 is 0 Å². The third-order valence-electron chi connectivity index (χ3n) is 6.63. The molecule has 0 bridgehead atoms. The second-order valence-electron chi connectivity index (χ2n) is 9.32. The highest BCUT2D eigenvalue weighted by Gasteiger charge is 2.39. The van der Waals surface area contributed by atoms with Crippen LogP contribution in [0.25, 0.3) is 6.08 Å². The number of allylic oxidation sites excluding steroid dienone is 4. The second kappa shape index (κ2) is 12.6. The van der Waals surface area contributed by atoms with Crippen LogP contribution in [-0.2, 0) is 9.59 Å². The van der Waals surface area contributed by atoms with E-state index in [1.54, 1.807) is 4.90 Å². The van der Waals surface area contributed by atoms with Crippen LogP contribution in [0.2, 0.25) is 5.02 Å². The van der Waals surface area contributed by atoms with Crippen molar-refractivity contribution in [3.63, 3.8) is 0 Å². The number of thioether (sulfide) groups is 1. The van der Waals surface area contributed by atoms with Crippen molar-refractivity contribution in [3.8, 4) is 6.07 Å². The number of nitrogens with one attached hydrogen (secondary N) is 1. The Morgan fingerprint density at radius 1 is 1.24 bits per heavy atom. The van der Waals surface area contributed by atoms with E-state index in [2.05, 4.69) is 21.6 Å². The van der Waals surface area contributed by atoms with Crippen molar-refractivity contribution in [1.82, 2.24) is 10.2 Å². The van der Waals surface area contributed by atoms with E-state index in [0.29, 0.717) is 45.7 Å². The molecular formula is C29H23ClN6O4S2. The van der Waals surface area contributed by atoms with Gasteiger partial charge in [-0.2, -0.15) is 5.26 Å². The lowest BCUT2D eigenvalue weighted by Gasteiger charge is -2.37. The van der Waals surface area contributed by atoms with Gasteiger partial charge in [-0.3, -0.25) is 14.5 Å². The molecule has 0 fully saturated rings. The predicted molar refractivity (Wildman–Crippen MR) is 162 cm³/mol. The Balaban J connectivity index is 1.36. The second-order valence-corrected chi connectivity index (χ2v) is 11.9. The van der Waals surface area contributed by atoms with Gasteiger partial charge in [0, 0.05) is 29.3 Å². The summed E-state index contributed by atoms with van der Waals surface area (Å²) in [4.78, 5) is 38.7. The SMILES string of the molecule is N#CC1=C(N)N(c2nnc(SCC(=O)Nc3ccc(Cl)c(C(=O)O)c3)s2)C2=C(C(=O)CCC2)C1/C=C/c1ccccc1. The number of ketones is 1. The van der Waals surface area contributed by atoms with E-state index in [1.165, 1.54) is 29.5 Å². The van der Waals surface area contributed by atoms with Gasteiger partial charge >= 0.3 is 5.97 Å². The monoisotopic (exact) mass is 618 g/mol. The van der Waals surface area contributed by atoms with Crippen LogP contribution < -0.4 is 16.0 Å². The third kappa shape index (κ3) is 6.08. The molecule has 5 rings (SSSR count). The molecule has 212 valence electrons. The molecule has 1 amide bonds. The maximum absolute atomic E-state index is 13.2. The fourth-order valence-electron chi connectivity index (χ4n) is 4.75. The molecule has 0 spiro atoms. The molecule has 2 aromatic carbocycles. The maximum atomic E-state index is 13.2. The number of carbonyl (C=O) groups is 3. The highest BCUT2D eigenvalue weighted by Crippen LogP contribution is 2.44.